The molecular weight excluding hydrogens is 1010 g/mol. The Morgan fingerprint density at radius 2 is 1.42 bits per heavy atom. The van der Waals surface area contributed by atoms with E-state index < -0.39 is 23.9 Å². The summed E-state index contributed by atoms with van der Waals surface area (Å²) in [6.45, 7) is 10.9. The number of anilines is 3. The third-order valence-electron chi connectivity index (χ3n) is 14.4. The highest BCUT2D eigenvalue weighted by atomic mass is 33.1. The second-order valence-corrected chi connectivity index (χ2v) is 24.1. The van der Waals surface area contributed by atoms with E-state index in [9.17, 15) is 28.8 Å². The lowest BCUT2D eigenvalue weighted by molar-refractivity contribution is -0.130. The van der Waals surface area contributed by atoms with Gasteiger partial charge in [0, 0.05) is 70.7 Å². The fourth-order valence-electron chi connectivity index (χ4n) is 10.3. The molecule has 5 aromatic carbocycles. The van der Waals surface area contributed by atoms with E-state index in [1.165, 1.54) is 5.56 Å². The SMILES string of the molecule is COc1cc2c(cc1OCc1cc(COc3cc4c(cc3C)C(=O)N3c5ccccc5C[C@H]3C=N4)cc(NC(=O)[C@H](C)NC(=O)[C@H](C)NC(=O)CCC(C)(C)SSCCCC(C)=O)c1)CC[C@@H]1Cc3ccccc3N1C2=O. The van der Waals surface area contributed by atoms with Crippen molar-refractivity contribution >= 4 is 85.9 Å². The molecule has 4 heterocycles. The molecule has 0 saturated carbocycles. The smallest absolute Gasteiger partial charge is 0.261 e. The average Bonchev–Trinajstić information content (AvgIpc) is 3.95. The number of ketones is 1. The van der Waals surface area contributed by atoms with E-state index >= 15 is 0 Å². The molecule has 9 rings (SSSR count). The average molecular weight is 1080 g/mol. The molecule has 4 aliphatic heterocycles. The molecule has 5 aromatic rings. The number of nitrogens with one attached hydrogen (secondary N) is 3. The van der Waals surface area contributed by atoms with Crippen LogP contribution in [0, 0.1) is 6.92 Å². The summed E-state index contributed by atoms with van der Waals surface area (Å²) in [4.78, 5) is 88.2. The molecule has 15 nitrogen and oxygen atoms in total. The molecule has 0 bridgehead atoms. The molecule has 77 heavy (non-hydrogen) atoms. The number of amides is 5. The third-order valence-corrected chi connectivity index (χ3v) is 17.9. The predicted octanol–water partition coefficient (Wildman–Crippen LogP) is 10.2. The monoisotopic (exact) mass is 1080 g/mol. The van der Waals surface area contributed by atoms with Gasteiger partial charge in [-0.1, -0.05) is 58.0 Å². The molecule has 5 amide bonds. The lowest BCUT2D eigenvalue weighted by Crippen LogP contribution is -2.50. The minimum absolute atomic E-state index is 0.0523. The minimum atomic E-state index is -0.984. The van der Waals surface area contributed by atoms with Crippen molar-refractivity contribution in [3.63, 3.8) is 0 Å². The zero-order chi connectivity index (χ0) is 54.5. The summed E-state index contributed by atoms with van der Waals surface area (Å²) in [5.74, 6) is 0.961. The standard InChI is InChI=1S/C60H66N6O9S2/c1-35-23-48-49(61-32-46-28-43-15-9-11-17-51(43)66(46)59(48)72)31-52(35)74-33-39-24-40(34-75-54-29-41-18-19-45-27-42-14-8-10-16-50(42)65(45)58(71)47(41)30-53(54)73-7)26-44(25-39)64-57(70)38(4)63-56(69)37(3)62-55(68)20-21-60(5,6)77-76-22-12-13-36(2)67/h8-11,14-17,23-26,29-32,37-38,45-46H,12-13,18-22,27-28,33-34H2,1-7H3,(H,62,68)(H,63,69)(H,64,70)/t37-,38-,45+,46-/m0/s1. The summed E-state index contributed by atoms with van der Waals surface area (Å²) in [5, 5.41) is 8.47. The Balaban J connectivity index is 0.891. The Hall–Kier alpha value is -7.11. The molecule has 0 aliphatic carbocycles. The lowest BCUT2D eigenvalue weighted by atomic mass is 9.99. The van der Waals surface area contributed by atoms with Crippen molar-refractivity contribution in [1.29, 1.82) is 0 Å². The fourth-order valence-corrected chi connectivity index (χ4v) is 13.0. The van der Waals surface area contributed by atoms with Gasteiger partial charge in [0.1, 0.15) is 36.8 Å². The fraction of sp³-hybridized carbons (Fsp3) is 0.383. The largest absolute Gasteiger partial charge is 0.493 e. The van der Waals surface area contributed by atoms with Gasteiger partial charge in [-0.25, -0.2) is 0 Å². The number of aliphatic imine (C=N–C) groups is 1. The Morgan fingerprint density at radius 1 is 0.753 bits per heavy atom. The Bertz CT molecular complexity index is 3160. The molecule has 0 saturated heterocycles. The number of carbonyl (C=O) groups excluding carboxylic acids is 6. The van der Waals surface area contributed by atoms with Gasteiger partial charge < -0.3 is 39.9 Å². The zero-order valence-electron chi connectivity index (χ0n) is 44.7. The van der Waals surface area contributed by atoms with Crippen LogP contribution in [0.15, 0.2) is 96.0 Å². The number of hydrogen-bond acceptors (Lipinski definition) is 12. The van der Waals surface area contributed by atoms with Gasteiger partial charge in [0.05, 0.1) is 24.4 Å². The van der Waals surface area contributed by atoms with Crippen LogP contribution in [-0.2, 0) is 51.7 Å². The Labute approximate surface area is 458 Å². The number of Topliss-reactive ketones (excluding diaryl/α,β-unsaturated/α-hetero) is 1. The van der Waals surface area contributed by atoms with Crippen molar-refractivity contribution < 1.29 is 43.0 Å². The Morgan fingerprint density at radius 3 is 2.13 bits per heavy atom. The lowest BCUT2D eigenvalue weighted by Gasteiger charge is -2.23. The van der Waals surface area contributed by atoms with Gasteiger partial charge in [0.2, 0.25) is 17.7 Å². The van der Waals surface area contributed by atoms with Gasteiger partial charge in [-0.15, -0.1) is 0 Å². The van der Waals surface area contributed by atoms with Crippen LogP contribution in [0.1, 0.15) is 121 Å². The van der Waals surface area contributed by atoms with E-state index in [4.69, 9.17) is 19.2 Å². The minimum Gasteiger partial charge on any atom is -0.493 e. The highest BCUT2D eigenvalue weighted by molar-refractivity contribution is 8.77. The second-order valence-electron chi connectivity index (χ2n) is 20.9. The first-order valence-electron chi connectivity index (χ1n) is 26.3. The maximum Gasteiger partial charge on any atom is 0.261 e. The van der Waals surface area contributed by atoms with Crippen molar-refractivity contribution in [3.8, 4) is 17.2 Å². The quantitative estimate of drug-likeness (QED) is 0.0469. The van der Waals surface area contributed by atoms with Crippen LogP contribution < -0.4 is 40.0 Å². The summed E-state index contributed by atoms with van der Waals surface area (Å²) in [7, 11) is 4.91. The summed E-state index contributed by atoms with van der Waals surface area (Å²) in [6.07, 6.45) is 6.95. The van der Waals surface area contributed by atoms with Gasteiger partial charge in [-0.05, 0) is 156 Å². The topological polar surface area (TPSA) is 185 Å². The Kier molecular flexibility index (Phi) is 16.8. The van der Waals surface area contributed by atoms with Crippen molar-refractivity contribution in [2.75, 3.05) is 28.0 Å². The third kappa shape index (κ3) is 12.7. The first-order chi connectivity index (χ1) is 36.9. The van der Waals surface area contributed by atoms with Crippen molar-refractivity contribution in [1.82, 2.24) is 10.6 Å². The number of benzene rings is 5. The molecule has 4 atom stereocenters. The van der Waals surface area contributed by atoms with E-state index in [1.54, 1.807) is 73.7 Å². The van der Waals surface area contributed by atoms with E-state index in [0.717, 1.165) is 53.1 Å². The molecule has 0 radical (unpaired) electrons. The van der Waals surface area contributed by atoms with Crippen LogP contribution in [-0.4, -0.2) is 83.3 Å². The maximum atomic E-state index is 14.2. The van der Waals surface area contributed by atoms with Crippen LogP contribution in [0.3, 0.4) is 0 Å². The van der Waals surface area contributed by atoms with Crippen LogP contribution in [0.4, 0.5) is 22.7 Å². The first-order valence-corrected chi connectivity index (χ1v) is 28.6. The summed E-state index contributed by atoms with van der Waals surface area (Å²) < 4.78 is 18.6. The number of fused-ring (bicyclic) bond motifs is 8. The van der Waals surface area contributed by atoms with Gasteiger partial charge in [0.15, 0.2) is 11.5 Å². The van der Waals surface area contributed by atoms with Crippen LogP contribution in [0.5, 0.6) is 17.2 Å². The van der Waals surface area contributed by atoms with Gasteiger partial charge >= 0.3 is 0 Å². The van der Waals surface area contributed by atoms with Crippen LogP contribution >= 0.6 is 21.6 Å². The molecule has 0 aromatic heterocycles. The van der Waals surface area contributed by atoms with Gasteiger partial charge in [0.25, 0.3) is 11.8 Å². The van der Waals surface area contributed by atoms with Crippen molar-refractivity contribution in [2.45, 2.75) is 135 Å². The van der Waals surface area contributed by atoms with E-state index in [1.807, 2.05) is 83.6 Å². The molecule has 0 fully saturated rings. The van der Waals surface area contributed by atoms with E-state index in [-0.39, 0.29) is 60.0 Å². The normalized spacial score (nSPS) is 16.8. The van der Waals surface area contributed by atoms with Crippen LogP contribution in [0.2, 0.25) is 0 Å². The van der Waals surface area contributed by atoms with E-state index in [2.05, 4.69) is 35.9 Å². The number of ether oxygens (including phenoxy) is 3. The van der Waals surface area contributed by atoms with Crippen molar-refractivity contribution in [2.24, 2.45) is 4.99 Å². The van der Waals surface area contributed by atoms with Crippen molar-refractivity contribution in [3.05, 3.63) is 136 Å². The zero-order valence-corrected chi connectivity index (χ0v) is 46.3. The second kappa shape index (κ2) is 23.6. The van der Waals surface area contributed by atoms with Gasteiger partial charge in [-0.2, -0.15) is 0 Å². The molecule has 0 unspecified atom stereocenters. The summed E-state index contributed by atoms with van der Waals surface area (Å²) in [6, 6.07) is 26.7. The maximum absolute atomic E-state index is 14.2. The molecule has 0 spiro atoms. The highest BCUT2D eigenvalue weighted by Gasteiger charge is 2.39. The number of hydrogen-bond donors (Lipinski definition) is 3. The number of methoxy groups -OCH3 is 1. The number of para-hydroxylation sites is 2. The van der Waals surface area contributed by atoms with Gasteiger partial charge in [-0.3, -0.25) is 33.9 Å². The molecule has 17 heteroatoms. The first kappa shape index (κ1) is 54.7. The number of carbonyl (C=O) groups is 6. The number of rotatable bonds is 21. The summed E-state index contributed by atoms with van der Waals surface area (Å²) >= 11 is 0. The molecule has 3 N–H and O–H groups in total. The van der Waals surface area contributed by atoms with Crippen LogP contribution in [0.25, 0.3) is 0 Å². The molecule has 402 valence electrons. The number of nitrogens with zero attached hydrogens (tertiary/aromatic N) is 3. The number of aryl methyl sites for hydroxylation is 2. The highest BCUT2D eigenvalue weighted by Crippen LogP contribution is 2.43. The molecule has 4 aliphatic rings. The molecular formula is C60H66N6O9S2. The summed E-state index contributed by atoms with van der Waals surface area (Å²) in [5.41, 5.74) is 9.09. The predicted molar refractivity (Wildman–Crippen MR) is 304 cm³/mol. The van der Waals surface area contributed by atoms with E-state index in [0.29, 0.717) is 76.6 Å².